The number of hydrogen-bond donors (Lipinski definition) is 2. The van der Waals surface area contributed by atoms with Crippen molar-refractivity contribution in [2.24, 2.45) is 0 Å². The highest BCUT2D eigenvalue weighted by Gasteiger charge is 2.06. The number of nitrogen functional groups attached to an aromatic ring is 1. The van der Waals surface area contributed by atoms with Crippen LogP contribution in [0.25, 0.3) is 0 Å². The van der Waals surface area contributed by atoms with Gasteiger partial charge in [-0.2, -0.15) is 0 Å². The van der Waals surface area contributed by atoms with Crippen molar-refractivity contribution in [2.45, 2.75) is 0 Å². The lowest BCUT2D eigenvalue weighted by atomic mass is 10.3. The van der Waals surface area contributed by atoms with E-state index in [1.54, 1.807) is 12.3 Å². The van der Waals surface area contributed by atoms with Gasteiger partial charge in [0, 0.05) is 41.2 Å². The first-order chi connectivity index (χ1) is 7.09. The summed E-state index contributed by atoms with van der Waals surface area (Å²) >= 11 is 0. The Labute approximate surface area is 90.5 Å². The average molecular weight is 227 g/mol. The van der Waals surface area contributed by atoms with Gasteiger partial charge in [-0.25, -0.2) is 0 Å². The lowest BCUT2D eigenvalue weighted by molar-refractivity contribution is 0.0951. The van der Waals surface area contributed by atoms with Gasteiger partial charge in [0.25, 0.3) is 5.91 Å². The number of aromatic nitrogens is 1. The van der Waals surface area contributed by atoms with Crippen molar-refractivity contribution in [1.82, 2.24) is 10.3 Å². The number of carbonyl (C=O) groups is 1. The smallest absolute Gasteiger partial charge is 0.269 e. The summed E-state index contributed by atoms with van der Waals surface area (Å²) in [4.78, 5) is 15.3. The highest BCUT2D eigenvalue weighted by molar-refractivity contribution is 7.84. The molecule has 0 fully saturated rings. The molecular formula is C9H13N3O2S. The number of pyridine rings is 1. The molecule has 1 heterocycles. The first-order valence-electron chi connectivity index (χ1n) is 4.39. The maximum Gasteiger partial charge on any atom is 0.269 e. The summed E-state index contributed by atoms with van der Waals surface area (Å²) in [5.41, 5.74) is 6.27. The minimum Gasteiger partial charge on any atom is -0.399 e. The number of rotatable bonds is 4. The molecule has 1 amide bonds. The largest absolute Gasteiger partial charge is 0.399 e. The number of hydrogen-bond acceptors (Lipinski definition) is 4. The molecule has 0 bridgehead atoms. The van der Waals surface area contributed by atoms with Crippen molar-refractivity contribution < 1.29 is 9.00 Å². The lowest BCUT2D eigenvalue weighted by Crippen LogP contribution is -2.28. The molecule has 3 N–H and O–H groups in total. The minimum absolute atomic E-state index is 0.275. The van der Waals surface area contributed by atoms with Crippen molar-refractivity contribution in [1.29, 1.82) is 0 Å². The monoisotopic (exact) mass is 227 g/mol. The Bertz CT molecular complexity index is 381. The van der Waals surface area contributed by atoms with E-state index in [4.69, 9.17) is 5.73 Å². The molecular weight excluding hydrogens is 214 g/mol. The molecule has 0 radical (unpaired) electrons. The molecule has 0 saturated heterocycles. The second kappa shape index (κ2) is 5.45. The van der Waals surface area contributed by atoms with Crippen LogP contribution in [-0.4, -0.2) is 33.7 Å². The third-order valence-corrected chi connectivity index (χ3v) is 2.47. The van der Waals surface area contributed by atoms with Crippen molar-refractivity contribution in [3.63, 3.8) is 0 Å². The fourth-order valence-electron chi connectivity index (χ4n) is 0.970. The third kappa shape index (κ3) is 4.07. The molecule has 0 aliphatic rings. The van der Waals surface area contributed by atoms with Gasteiger partial charge in [0.2, 0.25) is 0 Å². The Balaban J connectivity index is 2.50. The van der Waals surface area contributed by atoms with Gasteiger partial charge in [0.1, 0.15) is 5.69 Å². The lowest BCUT2D eigenvalue weighted by Gasteiger charge is -2.03. The van der Waals surface area contributed by atoms with Gasteiger partial charge in [0.15, 0.2) is 0 Å². The summed E-state index contributed by atoms with van der Waals surface area (Å²) in [6.45, 7) is 0.373. The normalized spacial score (nSPS) is 12.1. The maximum atomic E-state index is 11.5. The molecule has 82 valence electrons. The molecule has 1 aromatic heterocycles. The predicted octanol–water partition coefficient (Wildman–Crippen LogP) is -0.228. The van der Waals surface area contributed by atoms with Crippen LogP contribution in [0.3, 0.4) is 0 Å². The van der Waals surface area contributed by atoms with Crippen LogP contribution in [0, 0.1) is 0 Å². The summed E-state index contributed by atoms with van der Waals surface area (Å²) in [6.07, 6.45) is 3.06. The van der Waals surface area contributed by atoms with E-state index in [1.165, 1.54) is 12.3 Å². The van der Waals surface area contributed by atoms with Crippen LogP contribution >= 0.6 is 0 Å². The molecule has 1 unspecified atom stereocenters. The van der Waals surface area contributed by atoms with E-state index < -0.39 is 10.8 Å². The van der Waals surface area contributed by atoms with Crippen LogP contribution in [0.1, 0.15) is 10.5 Å². The predicted molar refractivity (Wildman–Crippen MR) is 59.9 cm³/mol. The quantitative estimate of drug-likeness (QED) is 0.744. The maximum absolute atomic E-state index is 11.5. The van der Waals surface area contributed by atoms with Crippen LogP contribution < -0.4 is 11.1 Å². The van der Waals surface area contributed by atoms with Gasteiger partial charge in [-0.3, -0.25) is 14.0 Å². The van der Waals surface area contributed by atoms with Crippen LogP contribution in [0.2, 0.25) is 0 Å². The number of anilines is 1. The van der Waals surface area contributed by atoms with E-state index in [-0.39, 0.29) is 11.6 Å². The van der Waals surface area contributed by atoms with E-state index >= 15 is 0 Å². The standard InChI is InChI=1S/C9H13N3O2S/c1-15(14)5-4-12-9(13)8-6-7(10)2-3-11-8/h2-3,6H,4-5H2,1H3,(H2,10,11)(H,12,13). The third-order valence-electron chi connectivity index (χ3n) is 1.69. The molecule has 0 aliphatic heterocycles. The molecule has 0 aromatic carbocycles. The van der Waals surface area contributed by atoms with Gasteiger partial charge in [-0.1, -0.05) is 0 Å². The summed E-state index contributed by atoms with van der Waals surface area (Å²) < 4.78 is 10.7. The second-order valence-electron chi connectivity index (χ2n) is 3.01. The Hall–Kier alpha value is -1.43. The van der Waals surface area contributed by atoms with Crippen molar-refractivity contribution in [2.75, 3.05) is 24.3 Å². The molecule has 1 atom stereocenters. The Morgan fingerprint density at radius 2 is 2.40 bits per heavy atom. The summed E-state index contributed by atoms with van der Waals surface area (Å²) in [7, 11) is -0.903. The number of nitrogens with two attached hydrogens (primary N) is 1. The Morgan fingerprint density at radius 3 is 3.00 bits per heavy atom. The molecule has 5 nitrogen and oxygen atoms in total. The summed E-state index contributed by atoms with van der Waals surface area (Å²) in [5.74, 6) is 0.140. The van der Waals surface area contributed by atoms with Gasteiger partial charge in [0.05, 0.1) is 0 Å². The zero-order valence-electron chi connectivity index (χ0n) is 8.40. The Morgan fingerprint density at radius 1 is 1.67 bits per heavy atom. The van der Waals surface area contributed by atoms with Crippen molar-refractivity contribution >= 4 is 22.4 Å². The van der Waals surface area contributed by atoms with E-state index in [0.717, 1.165) is 0 Å². The topological polar surface area (TPSA) is 85.1 Å². The zero-order chi connectivity index (χ0) is 11.3. The molecule has 6 heteroatoms. The van der Waals surface area contributed by atoms with Crippen LogP contribution in [-0.2, 0) is 10.8 Å². The number of nitrogens with one attached hydrogen (secondary N) is 1. The SMILES string of the molecule is CS(=O)CCNC(=O)c1cc(N)ccn1. The molecule has 15 heavy (non-hydrogen) atoms. The fourth-order valence-corrected chi connectivity index (χ4v) is 1.36. The van der Waals surface area contributed by atoms with E-state index in [2.05, 4.69) is 10.3 Å². The van der Waals surface area contributed by atoms with Crippen molar-refractivity contribution in [3.05, 3.63) is 24.0 Å². The highest BCUT2D eigenvalue weighted by atomic mass is 32.2. The van der Waals surface area contributed by atoms with Crippen LogP contribution in [0.4, 0.5) is 5.69 Å². The van der Waals surface area contributed by atoms with E-state index in [1.807, 2.05) is 0 Å². The molecule has 1 aromatic rings. The average Bonchev–Trinajstić information content (AvgIpc) is 2.17. The summed E-state index contributed by atoms with van der Waals surface area (Å²) in [6, 6.07) is 3.11. The van der Waals surface area contributed by atoms with E-state index in [0.29, 0.717) is 18.0 Å². The Kier molecular flexibility index (Phi) is 4.23. The van der Waals surface area contributed by atoms with E-state index in [9.17, 15) is 9.00 Å². The highest BCUT2D eigenvalue weighted by Crippen LogP contribution is 2.02. The fraction of sp³-hybridized carbons (Fsp3) is 0.333. The molecule has 0 saturated carbocycles. The number of amides is 1. The number of nitrogens with zero attached hydrogens (tertiary/aromatic N) is 1. The van der Waals surface area contributed by atoms with Gasteiger partial charge in [-0.05, 0) is 12.1 Å². The first-order valence-corrected chi connectivity index (χ1v) is 6.12. The van der Waals surface area contributed by atoms with Gasteiger partial charge < -0.3 is 11.1 Å². The zero-order valence-corrected chi connectivity index (χ0v) is 9.21. The van der Waals surface area contributed by atoms with Crippen molar-refractivity contribution in [3.8, 4) is 0 Å². The molecule has 0 aliphatic carbocycles. The number of carbonyl (C=O) groups excluding carboxylic acids is 1. The van der Waals surface area contributed by atoms with Crippen LogP contribution in [0.5, 0.6) is 0 Å². The van der Waals surface area contributed by atoms with Crippen LogP contribution in [0.15, 0.2) is 18.3 Å². The minimum atomic E-state index is -0.903. The second-order valence-corrected chi connectivity index (χ2v) is 4.56. The van der Waals surface area contributed by atoms with Gasteiger partial charge in [-0.15, -0.1) is 0 Å². The summed E-state index contributed by atoms with van der Waals surface area (Å²) in [5, 5.41) is 2.61. The molecule has 1 rings (SSSR count). The first kappa shape index (κ1) is 11.6. The van der Waals surface area contributed by atoms with Gasteiger partial charge >= 0.3 is 0 Å². The molecule has 0 spiro atoms.